The van der Waals surface area contributed by atoms with E-state index < -0.39 is 0 Å². The first-order valence-corrected chi connectivity index (χ1v) is 6.83. The van der Waals surface area contributed by atoms with Crippen LogP contribution in [-0.4, -0.2) is 50.8 Å². The molecule has 100 valence electrons. The van der Waals surface area contributed by atoms with Crippen molar-refractivity contribution in [2.45, 2.75) is 0 Å². The number of piperazine rings is 1. The number of nitrogens with zero attached hydrogens (tertiary/aromatic N) is 3. The number of rotatable bonds is 3. The SMILES string of the molecule is N#CC1(CN2CCN(c3ccccc3)CC2)COC1. The van der Waals surface area contributed by atoms with Crippen LogP contribution in [0.5, 0.6) is 0 Å². The van der Waals surface area contributed by atoms with Gasteiger partial charge in [-0.25, -0.2) is 0 Å². The third-order valence-corrected chi connectivity index (χ3v) is 4.01. The Labute approximate surface area is 114 Å². The standard InChI is InChI=1S/C15H19N3O/c16-10-15(12-19-13-15)11-17-6-8-18(9-7-17)14-4-2-1-3-5-14/h1-5H,6-9,11-13H2. The molecule has 0 radical (unpaired) electrons. The summed E-state index contributed by atoms with van der Waals surface area (Å²) in [5.74, 6) is 0. The zero-order valence-corrected chi connectivity index (χ0v) is 11.1. The number of hydrogen-bond acceptors (Lipinski definition) is 4. The second kappa shape index (κ2) is 5.20. The lowest BCUT2D eigenvalue weighted by molar-refractivity contribution is -0.0916. The molecule has 0 amide bonds. The van der Waals surface area contributed by atoms with Crippen LogP contribution in [0.25, 0.3) is 0 Å². The molecule has 0 saturated carbocycles. The Morgan fingerprint density at radius 1 is 1.11 bits per heavy atom. The van der Waals surface area contributed by atoms with Gasteiger partial charge in [0, 0.05) is 38.4 Å². The highest BCUT2D eigenvalue weighted by atomic mass is 16.5. The second-order valence-corrected chi connectivity index (χ2v) is 5.48. The first-order valence-electron chi connectivity index (χ1n) is 6.83. The van der Waals surface area contributed by atoms with Crippen molar-refractivity contribution in [3.8, 4) is 6.07 Å². The summed E-state index contributed by atoms with van der Waals surface area (Å²) < 4.78 is 5.20. The van der Waals surface area contributed by atoms with Crippen LogP contribution in [0.3, 0.4) is 0 Å². The summed E-state index contributed by atoms with van der Waals surface area (Å²) in [6.07, 6.45) is 0. The Bertz CT molecular complexity index is 456. The summed E-state index contributed by atoms with van der Waals surface area (Å²) in [5.41, 5.74) is 1.05. The van der Waals surface area contributed by atoms with Crippen molar-refractivity contribution >= 4 is 5.69 Å². The van der Waals surface area contributed by atoms with Gasteiger partial charge in [-0.1, -0.05) is 18.2 Å². The molecule has 1 aromatic rings. The van der Waals surface area contributed by atoms with Crippen molar-refractivity contribution < 1.29 is 4.74 Å². The Morgan fingerprint density at radius 2 is 1.79 bits per heavy atom. The van der Waals surface area contributed by atoms with Crippen LogP contribution in [0.15, 0.2) is 30.3 Å². The molecule has 0 spiro atoms. The topological polar surface area (TPSA) is 39.5 Å². The van der Waals surface area contributed by atoms with Gasteiger partial charge in [-0.15, -0.1) is 0 Å². The summed E-state index contributed by atoms with van der Waals surface area (Å²) in [4.78, 5) is 4.80. The average molecular weight is 257 g/mol. The molecule has 19 heavy (non-hydrogen) atoms. The van der Waals surface area contributed by atoms with Gasteiger partial charge in [-0.3, -0.25) is 4.90 Å². The molecule has 0 unspecified atom stereocenters. The first kappa shape index (κ1) is 12.5. The van der Waals surface area contributed by atoms with Crippen LogP contribution in [-0.2, 0) is 4.74 Å². The van der Waals surface area contributed by atoms with Crippen LogP contribution in [0.1, 0.15) is 0 Å². The number of ether oxygens (including phenoxy) is 1. The van der Waals surface area contributed by atoms with Gasteiger partial charge < -0.3 is 9.64 Å². The summed E-state index contributed by atoms with van der Waals surface area (Å²) in [6.45, 7) is 6.17. The third kappa shape index (κ3) is 2.58. The number of hydrogen-bond donors (Lipinski definition) is 0. The van der Waals surface area contributed by atoms with Crippen molar-refractivity contribution in [3.63, 3.8) is 0 Å². The fourth-order valence-electron chi connectivity index (χ4n) is 2.77. The van der Waals surface area contributed by atoms with E-state index in [1.165, 1.54) is 5.69 Å². The summed E-state index contributed by atoms with van der Waals surface area (Å²) in [7, 11) is 0. The minimum Gasteiger partial charge on any atom is -0.378 e. The molecule has 0 aromatic heterocycles. The Balaban J connectivity index is 1.54. The predicted molar refractivity (Wildman–Crippen MR) is 74.0 cm³/mol. The lowest BCUT2D eigenvalue weighted by atomic mass is 9.87. The lowest BCUT2D eigenvalue weighted by Gasteiger charge is -2.42. The highest BCUT2D eigenvalue weighted by Crippen LogP contribution is 2.28. The first-order chi connectivity index (χ1) is 9.31. The van der Waals surface area contributed by atoms with Crippen molar-refractivity contribution in [1.82, 2.24) is 4.90 Å². The summed E-state index contributed by atoms with van der Waals surface area (Å²) >= 11 is 0. The van der Waals surface area contributed by atoms with E-state index in [1.54, 1.807) is 0 Å². The molecule has 0 bridgehead atoms. The van der Waals surface area contributed by atoms with Gasteiger partial charge in [0.05, 0.1) is 19.3 Å². The zero-order chi connectivity index (χ0) is 13.1. The molecule has 0 aliphatic carbocycles. The van der Waals surface area contributed by atoms with E-state index in [2.05, 4.69) is 40.1 Å². The van der Waals surface area contributed by atoms with E-state index in [0.717, 1.165) is 32.7 Å². The number of para-hydroxylation sites is 1. The predicted octanol–water partition coefficient (Wildman–Crippen LogP) is 1.35. The van der Waals surface area contributed by atoms with Gasteiger partial charge in [-0.05, 0) is 12.1 Å². The molecule has 2 heterocycles. The molecule has 4 nitrogen and oxygen atoms in total. The van der Waals surface area contributed by atoms with Crippen molar-refractivity contribution in [2.75, 3.05) is 50.8 Å². The molecule has 0 atom stereocenters. The molecule has 2 aliphatic rings. The van der Waals surface area contributed by atoms with Crippen LogP contribution in [0.4, 0.5) is 5.69 Å². The molecular weight excluding hydrogens is 238 g/mol. The molecule has 2 saturated heterocycles. The van der Waals surface area contributed by atoms with E-state index in [4.69, 9.17) is 4.74 Å². The lowest BCUT2D eigenvalue weighted by Crippen LogP contribution is -2.54. The third-order valence-electron chi connectivity index (χ3n) is 4.01. The second-order valence-electron chi connectivity index (χ2n) is 5.48. The molecule has 0 N–H and O–H groups in total. The minimum absolute atomic E-state index is 0.241. The van der Waals surface area contributed by atoms with Crippen molar-refractivity contribution in [2.24, 2.45) is 5.41 Å². The van der Waals surface area contributed by atoms with E-state index in [-0.39, 0.29) is 5.41 Å². The molecule has 4 heteroatoms. The van der Waals surface area contributed by atoms with Gasteiger partial charge in [0.15, 0.2) is 0 Å². The summed E-state index contributed by atoms with van der Waals surface area (Å²) in [5, 5.41) is 9.23. The Morgan fingerprint density at radius 3 is 2.32 bits per heavy atom. The van der Waals surface area contributed by atoms with E-state index in [9.17, 15) is 5.26 Å². The molecule has 2 aliphatic heterocycles. The molecule has 2 fully saturated rings. The average Bonchev–Trinajstić information content (AvgIpc) is 2.45. The maximum absolute atomic E-state index is 9.23. The van der Waals surface area contributed by atoms with Gasteiger partial charge in [-0.2, -0.15) is 5.26 Å². The Hall–Kier alpha value is -1.57. The molecule has 3 rings (SSSR count). The Kier molecular flexibility index (Phi) is 3.41. The number of nitriles is 1. The van der Waals surface area contributed by atoms with Gasteiger partial charge in [0.1, 0.15) is 5.41 Å². The van der Waals surface area contributed by atoms with Crippen LogP contribution >= 0.6 is 0 Å². The monoisotopic (exact) mass is 257 g/mol. The van der Waals surface area contributed by atoms with E-state index in [1.807, 2.05) is 6.07 Å². The summed E-state index contributed by atoms with van der Waals surface area (Å²) in [6, 6.07) is 13.0. The van der Waals surface area contributed by atoms with Crippen molar-refractivity contribution in [3.05, 3.63) is 30.3 Å². The van der Waals surface area contributed by atoms with Crippen LogP contribution in [0, 0.1) is 16.7 Å². The number of benzene rings is 1. The van der Waals surface area contributed by atoms with Gasteiger partial charge in [0.2, 0.25) is 0 Å². The largest absolute Gasteiger partial charge is 0.378 e. The van der Waals surface area contributed by atoms with Gasteiger partial charge in [0.25, 0.3) is 0 Å². The van der Waals surface area contributed by atoms with Crippen molar-refractivity contribution in [1.29, 1.82) is 5.26 Å². The van der Waals surface area contributed by atoms with E-state index in [0.29, 0.717) is 13.2 Å². The maximum atomic E-state index is 9.23. The van der Waals surface area contributed by atoms with Crippen LogP contribution < -0.4 is 4.90 Å². The highest BCUT2D eigenvalue weighted by Gasteiger charge is 2.40. The number of anilines is 1. The maximum Gasteiger partial charge on any atom is 0.116 e. The molecular formula is C15H19N3O. The normalized spacial score (nSPS) is 22.6. The fourth-order valence-corrected chi connectivity index (χ4v) is 2.77. The zero-order valence-electron chi connectivity index (χ0n) is 11.1. The van der Waals surface area contributed by atoms with Gasteiger partial charge >= 0.3 is 0 Å². The van der Waals surface area contributed by atoms with E-state index >= 15 is 0 Å². The molecule has 1 aromatic carbocycles. The van der Waals surface area contributed by atoms with Crippen LogP contribution in [0.2, 0.25) is 0 Å². The fraction of sp³-hybridized carbons (Fsp3) is 0.533. The quantitative estimate of drug-likeness (QED) is 0.819. The smallest absolute Gasteiger partial charge is 0.116 e. The minimum atomic E-state index is -0.241. The highest BCUT2D eigenvalue weighted by molar-refractivity contribution is 5.46.